The van der Waals surface area contributed by atoms with Gasteiger partial charge in [-0.3, -0.25) is 9.71 Å². The highest BCUT2D eigenvalue weighted by atomic mass is 35.5. The number of aliphatic hydroxyl groups excluding tert-OH is 1. The van der Waals surface area contributed by atoms with Gasteiger partial charge < -0.3 is 5.11 Å². The van der Waals surface area contributed by atoms with E-state index >= 15 is 0 Å². The highest BCUT2D eigenvalue weighted by Gasteiger charge is 2.20. The van der Waals surface area contributed by atoms with Gasteiger partial charge in [0.15, 0.2) is 0 Å². The zero-order chi connectivity index (χ0) is 15.6. The minimum atomic E-state index is -3.80. The Morgan fingerprint density at radius 2 is 2.00 bits per heavy atom. The van der Waals surface area contributed by atoms with E-state index in [0.717, 1.165) is 5.69 Å². The number of pyridine rings is 1. The van der Waals surface area contributed by atoms with Crippen molar-refractivity contribution in [2.45, 2.75) is 25.3 Å². The molecule has 1 aromatic carbocycles. The number of aryl methyl sites for hydroxylation is 1. The molecule has 0 saturated heterocycles. The Hall–Kier alpha value is -1.63. The summed E-state index contributed by atoms with van der Waals surface area (Å²) in [6.07, 6.45) is 1.44. The van der Waals surface area contributed by atoms with E-state index in [2.05, 4.69) is 9.71 Å². The van der Waals surface area contributed by atoms with Gasteiger partial charge in [-0.1, -0.05) is 11.6 Å². The molecule has 0 fully saturated rings. The van der Waals surface area contributed by atoms with Crippen molar-refractivity contribution >= 4 is 27.3 Å². The molecule has 112 valence electrons. The second-order valence-corrected chi connectivity index (χ2v) is 6.73. The predicted molar refractivity (Wildman–Crippen MR) is 81.9 cm³/mol. The van der Waals surface area contributed by atoms with Crippen LogP contribution >= 0.6 is 11.6 Å². The van der Waals surface area contributed by atoms with Crippen molar-refractivity contribution in [1.29, 1.82) is 0 Å². The highest BCUT2D eigenvalue weighted by Crippen LogP contribution is 2.26. The van der Waals surface area contributed by atoms with Crippen molar-refractivity contribution in [1.82, 2.24) is 4.98 Å². The van der Waals surface area contributed by atoms with Gasteiger partial charge in [-0.05, 0) is 49.2 Å². The summed E-state index contributed by atoms with van der Waals surface area (Å²) in [5, 5.41) is 9.53. The van der Waals surface area contributed by atoms with Crippen molar-refractivity contribution in [3.8, 4) is 0 Å². The molecule has 0 aliphatic carbocycles. The van der Waals surface area contributed by atoms with Crippen LogP contribution in [0.25, 0.3) is 0 Å². The van der Waals surface area contributed by atoms with Crippen LogP contribution in [-0.2, 0) is 16.6 Å². The van der Waals surface area contributed by atoms with Crippen LogP contribution < -0.4 is 4.72 Å². The van der Waals surface area contributed by atoms with Gasteiger partial charge in [0.25, 0.3) is 10.0 Å². The number of nitrogens with one attached hydrogen (secondary N) is 1. The van der Waals surface area contributed by atoms with Gasteiger partial charge in [-0.15, -0.1) is 0 Å². The molecule has 0 bridgehead atoms. The van der Waals surface area contributed by atoms with E-state index in [4.69, 9.17) is 11.6 Å². The Labute approximate surface area is 128 Å². The molecule has 0 radical (unpaired) electrons. The maximum Gasteiger partial charge on any atom is 0.262 e. The van der Waals surface area contributed by atoms with Crippen LogP contribution in [0.1, 0.15) is 16.8 Å². The van der Waals surface area contributed by atoms with Crippen molar-refractivity contribution in [2.75, 3.05) is 4.72 Å². The molecule has 1 aromatic heterocycles. The third-order valence-corrected chi connectivity index (χ3v) is 4.78. The van der Waals surface area contributed by atoms with E-state index in [1.807, 2.05) is 6.92 Å². The topological polar surface area (TPSA) is 79.3 Å². The van der Waals surface area contributed by atoms with Crippen LogP contribution in [0.2, 0.25) is 5.02 Å². The first kappa shape index (κ1) is 15.8. The number of nitrogens with zero attached hydrogens (tertiary/aromatic N) is 1. The van der Waals surface area contributed by atoms with Crippen molar-refractivity contribution < 1.29 is 13.5 Å². The standard InChI is InChI=1S/C14H15ClN2O3S/c1-9-3-4-13(7-16-9)17-21(19,20)14-6-12(15)5-11(8-18)10(14)2/h3-7,17-18H,8H2,1-2H3. The smallest absolute Gasteiger partial charge is 0.262 e. The molecule has 2 aromatic rings. The van der Waals surface area contributed by atoms with Crippen LogP contribution in [-0.4, -0.2) is 18.5 Å². The molecule has 0 amide bonds. The normalized spacial score (nSPS) is 11.4. The molecule has 1 heterocycles. The minimum Gasteiger partial charge on any atom is -0.392 e. The van der Waals surface area contributed by atoms with Gasteiger partial charge in [-0.25, -0.2) is 8.42 Å². The summed E-state index contributed by atoms with van der Waals surface area (Å²) in [7, 11) is -3.80. The molecule has 0 aliphatic heterocycles. The molecule has 5 nitrogen and oxygen atoms in total. The summed E-state index contributed by atoms with van der Waals surface area (Å²) in [5.41, 5.74) is 2.10. The molecule has 21 heavy (non-hydrogen) atoms. The zero-order valence-electron chi connectivity index (χ0n) is 11.6. The largest absolute Gasteiger partial charge is 0.392 e. The Morgan fingerprint density at radius 1 is 1.29 bits per heavy atom. The maximum absolute atomic E-state index is 12.4. The van der Waals surface area contributed by atoms with Crippen LogP contribution in [0.5, 0.6) is 0 Å². The fourth-order valence-corrected chi connectivity index (χ4v) is 3.55. The Bertz CT molecular complexity index is 759. The van der Waals surface area contributed by atoms with Gasteiger partial charge in [0, 0.05) is 10.7 Å². The second kappa shape index (κ2) is 6.01. The Balaban J connectivity index is 2.44. The van der Waals surface area contributed by atoms with E-state index in [1.54, 1.807) is 25.1 Å². The number of hydrogen-bond acceptors (Lipinski definition) is 4. The third-order valence-electron chi connectivity index (χ3n) is 3.06. The van der Waals surface area contributed by atoms with E-state index in [1.165, 1.54) is 12.3 Å². The first-order chi connectivity index (χ1) is 9.83. The van der Waals surface area contributed by atoms with Gasteiger partial charge in [0.05, 0.1) is 23.4 Å². The Morgan fingerprint density at radius 3 is 2.57 bits per heavy atom. The number of rotatable bonds is 4. The SMILES string of the molecule is Cc1ccc(NS(=O)(=O)c2cc(Cl)cc(CO)c2C)cn1. The number of hydrogen-bond donors (Lipinski definition) is 2. The number of anilines is 1. The number of aromatic nitrogens is 1. The van der Waals surface area contributed by atoms with E-state index in [9.17, 15) is 13.5 Å². The monoisotopic (exact) mass is 326 g/mol. The summed E-state index contributed by atoms with van der Waals surface area (Å²) >= 11 is 5.91. The average molecular weight is 327 g/mol. The summed E-state index contributed by atoms with van der Waals surface area (Å²) in [5.74, 6) is 0. The first-order valence-corrected chi connectivity index (χ1v) is 8.05. The molecular formula is C14H15ClN2O3S. The molecular weight excluding hydrogens is 312 g/mol. The first-order valence-electron chi connectivity index (χ1n) is 6.19. The van der Waals surface area contributed by atoms with E-state index in [-0.39, 0.29) is 16.5 Å². The lowest BCUT2D eigenvalue weighted by Crippen LogP contribution is -2.15. The van der Waals surface area contributed by atoms with Crippen molar-refractivity contribution in [3.05, 3.63) is 52.3 Å². The number of sulfonamides is 1. The van der Waals surface area contributed by atoms with Gasteiger partial charge >= 0.3 is 0 Å². The molecule has 2 rings (SSSR count). The van der Waals surface area contributed by atoms with Gasteiger partial charge in [0.2, 0.25) is 0 Å². The lowest BCUT2D eigenvalue weighted by Gasteiger charge is -2.13. The molecule has 0 unspecified atom stereocenters. The molecule has 2 N–H and O–H groups in total. The third kappa shape index (κ3) is 3.53. The summed E-state index contributed by atoms with van der Waals surface area (Å²) in [6, 6.07) is 6.25. The number of aliphatic hydroxyl groups is 1. The van der Waals surface area contributed by atoms with Crippen LogP contribution in [0, 0.1) is 13.8 Å². The van der Waals surface area contributed by atoms with Gasteiger partial charge in [-0.2, -0.15) is 0 Å². The minimum absolute atomic E-state index is 0.0413. The summed E-state index contributed by atoms with van der Waals surface area (Å²) in [4.78, 5) is 4.08. The van der Waals surface area contributed by atoms with Crippen LogP contribution in [0.4, 0.5) is 5.69 Å². The van der Waals surface area contributed by atoms with E-state index in [0.29, 0.717) is 16.8 Å². The van der Waals surface area contributed by atoms with Crippen molar-refractivity contribution in [3.63, 3.8) is 0 Å². The fraction of sp³-hybridized carbons (Fsp3) is 0.214. The highest BCUT2D eigenvalue weighted by molar-refractivity contribution is 7.92. The van der Waals surface area contributed by atoms with Gasteiger partial charge in [0.1, 0.15) is 0 Å². The molecule has 0 spiro atoms. The molecule has 0 aliphatic rings. The average Bonchev–Trinajstić information content (AvgIpc) is 2.43. The van der Waals surface area contributed by atoms with Crippen LogP contribution in [0.3, 0.4) is 0 Å². The molecule has 0 saturated carbocycles. The zero-order valence-corrected chi connectivity index (χ0v) is 13.2. The number of halogens is 1. The summed E-state index contributed by atoms with van der Waals surface area (Å²) in [6.45, 7) is 3.16. The summed E-state index contributed by atoms with van der Waals surface area (Å²) < 4.78 is 27.3. The second-order valence-electron chi connectivity index (χ2n) is 4.64. The predicted octanol–water partition coefficient (Wildman–Crippen LogP) is 2.64. The quantitative estimate of drug-likeness (QED) is 0.905. The molecule has 7 heteroatoms. The van der Waals surface area contributed by atoms with E-state index < -0.39 is 10.0 Å². The van der Waals surface area contributed by atoms with Crippen molar-refractivity contribution in [2.24, 2.45) is 0 Å². The lowest BCUT2D eigenvalue weighted by atomic mass is 10.1. The fourth-order valence-electron chi connectivity index (χ4n) is 1.89. The molecule has 0 atom stereocenters. The maximum atomic E-state index is 12.4. The number of benzene rings is 1. The Kier molecular flexibility index (Phi) is 4.51. The van der Waals surface area contributed by atoms with Crippen LogP contribution in [0.15, 0.2) is 35.4 Å². The lowest BCUT2D eigenvalue weighted by molar-refractivity contribution is 0.280.